The monoisotopic (exact) mass is 370 g/mol. The summed E-state index contributed by atoms with van der Waals surface area (Å²) in [6, 6.07) is 5.16. The van der Waals surface area contributed by atoms with Gasteiger partial charge in [0.15, 0.2) is 5.82 Å². The van der Waals surface area contributed by atoms with Crippen LogP contribution < -0.4 is 15.2 Å². The lowest BCUT2D eigenvalue weighted by molar-refractivity contribution is 0.476. The number of nitrogens with one attached hydrogen (secondary N) is 1. The predicted molar refractivity (Wildman–Crippen MR) is 110 cm³/mol. The summed E-state index contributed by atoms with van der Waals surface area (Å²) in [5, 5.41) is 6.33. The molecule has 0 radical (unpaired) electrons. The molecule has 6 nitrogen and oxygen atoms in total. The van der Waals surface area contributed by atoms with E-state index in [2.05, 4.69) is 39.3 Å². The highest BCUT2D eigenvalue weighted by Crippen LogP contribution is 2.39. The third-order valence-corrected chi connectivity index (χ3v) is 6.18. The van der Waals surface area contributed by atoms with Crippen molar-refractivity contribution in [1.82, 2.24) is 9.97 Å². The summed E-state index contributed by atoms with van der Waals surface area (Å²) in [5.74, 6) is 1.62. The van der Waals surface area contributed by atoms with E-state index in [9.17, 15) is 0 Å². The van der Waals surface area contributed by atoms with Gasteiger partial charge in [-0.1, -0.05) is 25.8 Å². The number of likely N-dealkylation sites (N-methyl/N-ethyl adjacent to an activating group) is 1. The van der Waals surface area contributed by atoms with Gasteiger partial charge in [0.1, 0.15) is 0 Å². The van der Waals surface area contributed by atoms with Crippen LogP contribution in [0.2, 0.25) is 0 Å². The van der Waals surface area contributed by atoms with Gasteiger partial charge in [0.25, 0.3) is 0 Å². The lowest BCUT2D eigenvalue weighted by atomic mass is 10.0. The predicted octanol–water partition coefficient (Wildman–Crippen LogP) is 3.96. The molecule has 1 fully saturated rings. The van der Waals surface area contributed by atoms with Crippen LogP contribution in [0, 0.1) is 0 Å². The highest BCUT2D eigenvalue weighted by Gasteiger charge is 2.35. The fraction of sp³-hybridized carbons (Fsp3) is 0.526. The molecule has 2 aliphatic rings. The summed E-state index contributed by atoms with van der Waals surface area (Å²) < 4.78 is 0. The second-order valence-electron chi connectivity index (χ2n) is 7.08. The standard InChI is InChI=1S/C19H26N6S/c1-3-14-13-24(2)17-12-20-19(23-21-11-16-9-6-10-26-16)22-18(17)25(14)15-7-4-5-8-15/h6,9-12,14-15H,3-5,7-8,13H2,1-2H3,(H,20,22,23)/b21-11+. The molecule has 0 bridgehead atoms. The summed E-state index contributed by atoms with van der Waals surface area (Å²) in [6.07, 6.45) is 10.0. The molecule has 1 aliphatic carbocycles. The Bertz CT molecular complexity index is 753. The average Bonchev–Trinajstić information content (AvgIpc) is 3.35. The molecule has 1 atom stereocenters. The fourth-order valence-electron chi connectivity index (χ4n) is 4.05. The van der Waals surface area contributed by atoms with Gasteiger partial charge >= 0.3 is 0 Å². The van der Waals surface area contributed by atoms with Gasteiger partial charge in [0, 0.05) is 30.6 Å². The van der Waals surface area contributed by atoms with E-state index in [4.69, 9.17) is 4.98 Å². The molecule has 1 aliphatic heterocycles. The highest BCUT2D eigenvalue weighted by atomic mass is 32.1. The van der Waals surface area contributed by atoms with Crippen molar-refractivity contribution >= 4 is 35.0 Å². The van der Waals surface area contributed by atoms with E-state index in [1.165, 1.54) is 25.7 Å². The Balaban J connectivity index is 1.61. The van der Waals surface area contributed by atoms with E-state index in [0.717, 1.165) is 29.3 Å². The van der Waals surface area contributed by atoms with Gasteiger partial charge in [-0.05, 0) is 30.7 Å². The van der Waals surface area contributed by atoms with E-state index < -0.39 is 0 Å². The normalized spacial score (nSPS) is 20.8. The van der Waals surface area contributed by atoms with Crippen LogP contribution in [0.3, 0.4) is 0 Å². The van der Waals surface area contributed by atoms with E-state index in [0.29, 0.717) is 18.0 Å². The molecule has 1 saturated carbocycles. The van der Waals surface area contributed by atoms with Crippen LogP contribution in [0.4, 0.5) is 17.5 Å². The molecule has 3 heterocycles. The van der Waals surface area contributed by atoms with Crippen LogP contribution in [0.1, 0.15) is 43.9 Å². The van der Waals surface area contributed by atoms with Crippen molar-refractivity contribution in [2.75, 3.05) is 28.8 Å². The summed E-state index contributed by atoms with van der Waals surface area (Å²) in [6.45, 7) is 3.31. The number of hydrazone groups is 1. The number of nitrogens with zero attached hydrogens (tertiary/aromatic N) is 5. The van der Waals surface area contributed by atoms with Gasteiger partial charge in [-0.15, -0.1) is 11.3 Å². The first-order valence-corrected chi connectivity index (χ1v) is 10.3. The third kappa shape index (κ3) is 3.40. The zero-order chi connectivity index (χ0) is 17.9. The minimum atomic E-state index is 0.507. The van der Waals surface area contributed by atoms with Crippen molar-refractivity contribution in [3.05, 3.63) is 28.6 Å². The maximum atomic E-state index is 4.86. The molecule has 26 heavy (non-hydrogen) atoms. The molecule has 1 N–H and O–H groups in total. The molecule has 4 rings (SSSR count). The lowest BCUT2D eigenvalue weighted by Gasteiger charge is -2.45. The van der Waals surface area contributed by atoms with Gasteiger partial charge in [0.2, 0.25) is 5.95 Å². The SMILES string of the molecule is CCC1CN(C)c2cnc(N/N=C/c3cccs3)nc2N1C1CCCC1. The summed E-state index contributed by atoms with van der Waals surface area (Å²) in [4.78, 5) is 15.3. The molecule has 0 aromatic carbocycles. The van der Waals surface area contributed by atoms with E-state index in [-0.39, 0.29) is 0 Å². The maximum Gasteiger partial charge on any atom is 0.245 e. The highest BCUT2D eigenvalue weighted by molar-refractivity contribution is 7.11. The summed E-state index contributed by atoms with van der Waals surface area (Å²) in [5.41, 5.74) is 4.12. The van der Waals surface area contributed by atoms with Crippen molar-refractivity contribution in [1.29, 1.82) is 0 Å². The van der Waals surface area contributed by atoms with E-state index >= 15 is 0 Å². The maximum absolute atomic E-state index is 4.86. The second-order valence-corrected chi connectivity index (χ2v) is 8.06. The Kier molecular flexibility index (Phi) is 5.06. The minimum Gasteiger partial charge on any atom is -0.368 e. The van der Waals surface area contributed by atoms with Crippen LogP contribution in [-0.4, -0.2) is 41.9 Å². The number of anilines is 3. The molecule has 1 unspecified atom stereocenters. The van der Waals surface area contributed by atoms with Crippen LogP contribution in [0.25, 0.3) is 0 Å². The number of fused-ring (bicyclic) bond motifs is 1. The first-order chi connectivity index (χ1) is 12.8. The van der Waals surface area contributed by atoms with Crippen molar-refractivity contribution in [3.8, 4) is 0 Å². The molecule has 0 saturated heterocycles. The minimum absolute atomic E-state index is 0.507. The topological polar surface area (TPSA) is 56.7 Å². The van der Waals surface area contributed by atoms with Crippen LogP contribution in [0.15, 0.2) is 28.8 Å². The number of aromatic nitrogens is 2. The second kappa shape index (κ2) is 7.61. The van der Waals surface area contributed by atoms with Gasteiger partial charge in [-0.3, -0.25) is 0 Å². The smallest absolute Gasteiger partial charge is 0.245 e. The van der Waals surface area contributed by atoms with Crippen molar-refractivity contribution in [2.45, 2.75) is 51.1 Å². The molecule has 138 valence electrons. The summed E-state index contributed by atoms with van der Waals surface area (Å²) in [7, 11) is 2.14. The van der Waals surface area contributed by atoms with E-state index in [1.54, 1.807) is 11.3 Å². The number of thiophene rings is 1. The van der Waals surface area contributed by atoms with Gasteiger partial charge in [0.05, 0.1) is 18.1 Å². The molecule has 0 amide bonds. The molecule has 2 aromatic rings. The van der Waals surface area contributed by atoms with Gasteiger partial charge in [-0.25, -0.2) is 10.4 Å². The Hall–Kier alpha value is -2.15. The Morgan fingerprint density at radius 1 is 1.38 bits per heavy atom. The Morgan fingerprint density at radius 2 is 2.23 bits per heavy atom. The van der Waals surface area contributed by atoms with Crippen LogP contribution in [0.5, 0.6) is 0 Å². The number of rotatable bonds is 5. The molecule has 0 spiro atoms. The Labute approximate surface area is 159 Å². The fourth-order valence-corrected chi connectivity index (χ4v) is 4.64. The van der Waals surface area contributed by atoms with Gasteiger partial charge in [-0.2, -0.15) is 10.1 Å². The first-order valence-electron chi connectivity index (χ1n) is 9.45. The zero-order valence-electron chi connectivity index (χ0n) is 15.4. The van der Waals surface area contributed by atoms with Crippen LogP contribution in [-0.2, 0) is 0 Å². The first kappa shape index (κ1) is 17.3. The van der Waals surface area contributed by atoms with Crippen molar-refractivity contribution in [3.63, 3.8) is 0 Å². The summed E-state index contributed by atoms with van der Waals surface area (Å²) >= 11 is 1.66. The van der Waals surface area contributed by atoms with E-state index in [1.807, 2.05) is 29.9 Å². The average molecular weight is 371 g/mol. The molecular weight excluding hydrogens is 344 g/mol. The van der Waals surface area contributed by atoms with Crippen LogP contribution >= 0.6 is 11.3 Å². The van der Waals surface area contributed by atoms with Crippen molar-refractivity contribution < 1.29 is 0 Å². The Morgan fingerprint density at radius 3 is 2.96 bits per heavy atom. The number of hydrogen-bond acceptors (Lipinski definition) is 7. The quantitative estimate of drug-likeness (QED) is 0.638. The zero-order valence-corrected chi connectivity index (χ0v) is 16.2. The van der Waals surface area contributed by atoms with Crippen molar-refractivity contribution in [2.24, 2.45) is 5.10 Å². The molecular formula is C19H26N6S. The lowest BCUT2D eigenvalue weighted by Crippen LogP contribution is -2.52. The largest absolute Gasteiger partial charge is 0.368 e. The molecule has 2 aromatic heterocycles. The number of hydrogen-bond donors (Lipinski definition) is 1. The molecule has 7 heteroatoms. The van der Waals surface area contributed by atoms with Gasteiger partial charge < -0.3 is 9.80 Å². The third-order valence-electron chi connectivity index (χ3n) is 5.37.